The van der Waals surface area contributed by atoms with Crippen LogP contribution in [0.1, 0.15) is 12.1 Å². The van der Waals surface area contributed by atoms with Crippen molar-refractivity contribution in [3.05, 3.63) is 36.0 Å². The normalized spacial score (nSPS) is 12.5. The maximum Gasteiger partial charge on any atom is 0.256 e. The molecule has 0 aliphatic heterocycles. The fourth-order valence-electron chi connectivity index (χ4n) is 1.94. The van der Waals surface area contributed by atoms with Gasteiger partial charge in [-0.05, 0) is 42.7 Å². The predicted octanol–water partition coefficient (Wildman–Crippen LogP) is 1.77. The van der Waals surface area contributed by atoms with Gasteiger partial charge in [0.25, 0.3) is 5.91 Å². The zero-order valence-electron chi connectivity index (χ0n) is 13.2. The largest absolute Gasteiger partial charge is 0.497 e. The molecule has 1 amide bonds. The van der Waals surface area contributed by atoms with Crippen LogP contribution in [-0.2, 0) is 4.79 Å². The SMILES string of the molecule is COc1ccc2nc(/C=N/NC(=O)[C@@H](N)CCSC)ccc2c1. The van der Waals surface area contributed by atoms with E-state index in [4.69, 9.17) is 10.5 Å². The minimum absolute atomic E-state index is 0.291. The molecule has 0 saturated heterocycles. The fourth-order valence-corrected chi connectivity index (χ4v) is 2.43. The number of amides is 1. The van der Waals surface area contributed by atoms with E-state index in [2.05, 4.69) is 15.5 Å². The molecule has 1 aromatic carbocycles. The van der Waals surface area contributed by atoms with Crippen molar-refractivity contribution in [3.8, 4) is 5.75 Å². The van der Waals surface area contributed by atoms with Crippen LogP contribution in [0.4, 0.5) is 0 Å². The number of ether oxygens (including phenoxy) is 1. The van der Waals surface area contributed by atoms with Crippen LogP contribution >= 0.6 is 11.8 Å². The number of carbonyl (C=O) groups excluding carboxylic acids is 1. The second-order valence-electron chi connectivity index (χ2n) is 4.92. The average molecular weight is 332 g/mol. The van der Waals surface area contributed by atoms with E-state index in [1.165, 1.54) is 6.21 Å². The highest BCUT2D eigenvalue weighted by molar-refractivity contribution is 7.98. The van der Waals surface area contributed by atoms with Crippen LogP contribution in [0.15, 0.2) is 35.4 Å². The Bertz CT molecular complexity index is 706. The lowest BCUT2D eigenvalue weighted by Gasteiger charge is -2.08. The molecule has 7 heteroatoms. The van der Waals surface area contributed by atoms with Crippen molar-refractivity contribution in [2.45, 2.75) is 12.5 Å². The molecule has 0 aliphatic rings. The van der Waals surface area contributed by atoms with Gasteiger partial charge in [-0.3, -0.25) is 4.79 Å². The molecule has 6 nitrogen and oxygen atoms in total. The van der Waals surface area contributed by atoms with Crippen LogP contribution in [-0.4, -0.2) is 42.3 Å². The summed E-state index contributed by atoms with van der Waals surface area (Å²) in [6, 6.07) is 8.85. The summed E-state index contributed by atoms with van der Waals surface area (Å²) < 4.78 is 5.18. The monoisotopic (exact) mass is 332 g/mol. The summed E-state index contributed by atoms with van der Waals surface area (Å²) in [5.41, 5.74) is 9.68. The smallest absolute Gasteiger partial charge is 0.256 e. The van der Waals surface area contributed by atoms with Crippen LogP contribution in [0.5, 0.6) is 5.75 Å². The van der Waals surface area contributed by atoms with Crippen molar-refractivity contribution in [2.75, 3.05) is 19.1 Å². The first-order chi connectivity index (χ1) is 11.1. The number of methoxy groups -OCH3 is 1. The Morgan fingerprint density at radius 2 is 2.30 bits per heavy atom. The number of hydrogen-bond donors (Lipinski definition) is 2. The Kier molecular flexibility index (Phi) is 6.37. The Labute approximate surface area is 139 Å². The first-order valence-corrected chi connectivity index (χ1v) is 8.55. The maximum atomic E-state index is 11.7. The molecule has 23 heavy (non-hydrogen) atoms. The summed E-state index contributed by atoms with van der Waals surface area (Å²) in [6.45, 7) is 0. The predicted molar refractivity (Wildman–Crippen MR) is 95.0 cm³/mol. The van der Waals surface area contributed by atoms with Crippen LogP contribution in [0.3, 0.4) is 0 Å². The number of rotatable bonds is 7. The van der Waals surface area contributed by atoms with Crippen LogP contribution in [0, 0.1) is 0 Å². The zero-order valence-corrected chi connectivity index (χ0v) is 14.0. The lowest BCUT2D eigenvalue weighted by Crippen LogP contribution is -2.38. The number of pyridine rings is 1. The molecule has 0 bridgehead atoms. The zero-order chi connectivity index (χ0) is 16.7. The van der Waals surface area contributed by atoms with Gasteiger partial charge in [0.1, 0.15) is 5.75 Å². The van der Waals surface area contributed by atoms with Crippen LogP contribution in [0.25, 0.3) is 10.9 Å². The molecule has 1 atom stereocenters. The minimum Gasteiger partial charge on any atom is -0.497 e. The van der Waals surface area contributed by atoms with Gasteiger partial charge in [0.05, 0.1) is 30.6 Å². The Morgan fingerprint density at radius 3 is 3.04 bits per heavy atom. The summed E-state index contributed by atoms with van der Waals surface area (Å²) in [5, 5.41) is 4.89. The minimum atomic E-state index is -0.545. The number of hydrogen-bond acceptors (Lipinski definition) is 6. The summed E-state index contributed by atoms with van der Waals surface area (Å²) in [5.74, 6) is 1.33. The van der Waals surface area contributed by atoms with Gasteiger partial charge in [-0.15, -0.1) is 0 Å². The second-order valence-corrected chi connectivity index (χ2v) is 5.90. The standard InChI is InChI=1S/C16H20N4O2S/c1-22-13-5-6-15-11(9-13)3-4-12(19-15)10-18-20-16(21)14(17)7-8-23-2/h3-6,9-10,14H,7-8,17H2,1-2H3,(H,20,21)/b18-10+/t14-/m0/s1. The van der Waals surface area contributed by atoms with Gasteiger partial charge in [-0.25, -0.2) is 10.4 Å². The number of nitrogens with one attached hydrogen (secondary N) is 1. The van der Waals surface area contributed by atoms with Crippen LogP contribution in [0.2, 0.25) is 0 Å². The Hall–Kier alpha value is -2.12. The van der Waals surface area contributed by atoms with E-state index in [9.17, 15) is 4.79 Å². The lowest BCUT2D eigenvalue weighted by molar-refractivity contribution is -0.122. The second kappa shape index (κ2) is 8.50. The molecule has 1 aromatic heterocycles. The number of benzene rings is 1. The number of nitrogens with two attached hydrogens (primary N) is 1. The number of fused-ring (bicyclic) bond motifs is 1. The molecule has 0 saturated carbocycles. The number of aromatic nitrogens is 1. The number of nitrogens with zero attached hydrogens (tertiary/aromatic N) is 2. The van der Waals surface area contributed by atoms with Crippen molar-refractivity contribution in [1.29, 1.82) is 0 Å². The van der Waals surface area contributed by atoms with Crippen molar-refractivity contribution >= 4 is 34.8 Å². The highest BCUT2D eigenvalue weighted by Crippen LogP contribution is 2.19. The van der Waals surface area contributed by atoms with Gasteiger partial charge in [0.2, 0.25) is 0 Å². The molecule has 0 fully saturated rings. The van der Waals surface area contributed by atoms with E-state index in [0.29, 0.717) is 12.1 Å². The highest BCUT2D eigenvalue weighted by Gasteiger charge is 2.11. The fraction of sp³-hybridized carbons (Fsp3) is 0.312. The van der Waals surface area contributed by atoms with Crippen molar-refractivity contribution in [2.24, 2.45) is 10.8 Å². The van der Waals surface area contributed by atoms with Gasteiger partial charge in [0, 0.05) is 5.39 Å². The lowest BCUT2D eigenvalue weighted by atomic mass is 10.2. The molecule has 0 aliphatic carbocycles. The first-order valence-electron chi connectivity index (χ1n) is 7.16. The number of thioether (sulfide) groups is 1. The third kappa shape index (κ3) is 4.94. The molecule has 1 heterocycles. The van der Waals surface area contributed by atoms with Gasteiger partial charge < -0.3 is 10.5 Å². The van der Waals surface area contributed by atoms with E-state index in [0.717, 1.165) is 22.4 Å². The van der Waals surface area contributed by atoms with E-state index in [1.807, 2.05) is 36.6 Å². The van der Waals surface area contributed by atoms with Crippen molar-refractivity contribution < 1.29 is 9.53 Å². The molecular weight excluding hydrogens is 312 g/mol. The van der Waals surface area contributed by atoms with Gasteiger partial charge >= 0.3 is 0 Å². The molecule has 3 N–H and O–H groups in total. The Morgan fingerprint density at radius 1 is 1.48 bits per heavy atom. The number of carbonyl (C=O) groups is 1. The van der Waals surface area contributed by atoms with Crippen molar-refractivity contribution in [1.82, 2.24) is 10.4 Å². The third-order valence-electron chi connectivity index (χ3n) is 3.26. The first kappa shape index (κ1) is 17.2. The van der Waals surface area contributed by atoms with E-state index < -0.39 is 6.04 Å². The van der Waals surface area contributed by atoms with Gasteiger partial charge in [-0.2, -0.15) is 16.9 Å². The average Bonchev–Trinajstić information content (AvgIpc) is 2.58. The van der Waals surface area contributed by atoms with Crippen molar-refractivity contribution in [3.63, 3.8) is 0 Å². The van der Waals surface area contributed by atoms with Gasteiger partial charge in [-0.1, -0.05) is 6.07 Å². The Balaban J connectivity index is 1.99. The molecule has 2 aromatic rings. The molecule has 122 valence electrons. The van der Waals surface area contributed by atoms with E-state index >= 15 is 0 Å². The summed E-state index contributed by atoms with van der Waals surface area (Å²) in [4.78, 5) is 16.2. The molecule has 2 rings (SSSR count). The van der Waals surface area contributed by atoms with E-state index in [1.54, 1.807) is 18.9 Å². The summed E-state index contributed by atoms with van der Waals surface area (Å²) in [6.07, 6.45) is 4.10. The highest BCUT2D eigenvalue weighted by atomic mass is 32.2. The maximum absolute atomic E-state index is 11.7. The molecule has 0 radical (unpaired) electrons. The molecule has 0 spiro atoms. The topological polar surface area (TPSA) is 89.6 Å². The summed E-state index contributed by atoms with van der Waals surface area (Å²) >= 11 is 1.65. The van der Waals surface area contributed by atoms with Gasteiger partial charge in [0.15, 0.2) is 0 Å². The molecular formula is C16H20N4O2S. The van der Waals surface area contributed by atoms with Crippen LogP contribution < -0.4 is 15.9 Å². The van der Waals surface area contributed by atoms with E-state index in [-0.39, 0.29) is 5.91 Å². The number of hydrazone groups is 1. The third-order valence-corrected chi connectivity index (χ3v) is 3.90. The quantitative estimate of drug-likeness (QED) is 0.596. The summed E-state index contributed by atoms with van der Waals surface area (Å²) in [7, 11) is 1.63. The molecule has 0 unspecified atom stereocenters.